The van der Waals surface area contributed by atoms with Crippen molar-refractivity contribution in [2.24, 2.45) is 0 Å². The lowest BCUT2D eigenvalue weighted by Crippen LogP contribution is -2.34. The van der Waals surface area contributed by atoms with E-state index in [-0.39, 0.29) is 6.04 Å². The summed E-state index contributed by atoms with van der Waals surface area (Å²) in [4.78, 5) is 0. The Morgan fingerprint density at radius 1 is 1.15 bits per heavy atom. The van der Waals surface area contributed by atoms with E-state index in [1.54, 1.807) is 0 Å². The molecule has 1 aliphatic carbocycles. The van der Waals surface area contributed by atoms with Gasteiger partial charge in [-0.25, -0.2) is 8.78 Å². The van der Waals surface area contributed by atoms with Crippen LogP contribution in [-0.4, -0.2) is 12.6 Å². The third kappa shape index (κ3) is 4.41. The molecule has 0 radical (unpaired) electrons. The Bertz CT molecular complexity index is 448. The summed E-state index contributed by atoms with van der Waals surface area (Å²) in [5.74, 6) is -0.987. The van der Waals surface area contributed by atoms with E-state index in [1.165, 1.54) is 30.5 Å². The van der Waals surface area contributed by atoms with Crippen molar-refractivity contribution in [3.05, 3.63) is 47.0 Å². The lowest BCUT2D eigenvalue weighted by atomic mass is 9.90. The Hall–Kier alpha value is -1.22. The van der Waals surface area contributed by atoms with Crippen LogP contribution in [0.2, 0.25) is 0 Å². The molecule has 0 amide bonds. The Balaban J connectivity index is 2.11. The molecule has 1 unspecified atom stereocenters. The number of benzene rings is 1. The second-order valence-electron chi connectivity index (χ2n) is 5.51. The molecule has 0 saturated carbocycles. The van der Waals surface area contributed by atoms with Gasteiger partial charge in [-0.3, -0.25) is 0 Å². The van der Waals surface area contributed by atoms with Crippen molar-refractivity contribution in [2.75, 3.05) is 6.54 Å². The molecule has 110 valence electrons. The van der Waals surface area contributed by atoms with Crippen molar-refractivity contribution in [2.45, 2.75) is 51.5 Å². The summed E-state index contributed by atoms with van der Waals surface area (Å²) < 4.78 is 26.6. The molecule has 0 heterocycles. The number of halogens is 2. The maximum atomic E-state index is 13.3. The fourth-order valence-electron chi connectivity index (χ4n) is 2.80. The van der Waals surface area contributed by atoms with Crippen LogP contribution >= 0.6 is 0 Å². The second-order valence-corrected chi connectivity index (χ2v) is 5.51. The molecule has 0 aliphatic heterocycles. The van der Waals surface area contributed by atoms with Crippen LogP contribution in [0.25, 0.3) is 0 Å². The van der Waals surface area contributed by atoms with Gasteiger partial charge in [0.25, 0.3) is 0 Å². The Morgan fingerprint density at radius 2 is 1.90 bits per heavy atom. The molecule has 3 heteroatoms. The SMILES string of the molecule is CCCNC(Cc1cc(F)cc(F)c1)C1=CCCCC1. The van der Waals surface area contributed by atoms with E-state index in [0.717, 1.165) is 37.4 Å². The van der Waals surface area contributed by atoms with Crippen LogP contribution in [0.5, 0.6) is 0 Å². The van der Waals surface area contributed by atoms with Crippen molar-refractivity contribution in [1.82, 2.24) is 5.32 Å². The lowest BCUT2D eigenvalue weighted by molar-refractivity contribution is 0.521. The molecule has 0 bridgehead atoms. The fourth-order valence-corrected chi connectivity index (χ4v) is 2.80. The highest BCUT2D eigenvalue weighted by Gasteiger charge is 2.16. The van der Waals surface area contributed by atoms with Crippen LogP contribution < -0.4 is 5.32 Å². The minimum Gasteiger partial charge on any atom is -0.310 e. The van der Waals surface area contributed by atoms with Gasteiger partial charge in [0.1, 0.15) is 11.6 Å². The average molecular weight is 279 g/mol. The maximum absolute atomic E-state index is 13.3. The smallest absolute Gasteiger partial charge is 0.126 e. The summed E-state index contributed by atoms with van der Waals surface area (Å²) in [6.07, 6.45) is 8.69. The van der Waals surface area contributed by atoms with Crippen LogP contribution in [0, 0.1) is 11.6 Å². The molecule has 0 spiro atoms. The summed E-state index contributed by atoms with van der Waals surface area (Å²) in [5, 5.41) is 3.51. The molecular weight excluding hydrogens is 256 g/mol. The molecular formula is C17H23F2N. The number of hydrogen-bond acceptors (Lipinski definition) is 1. The Morgan fingerprint density at radius 3 is 2.50 bits per heavy atom. The first-order valence-corrected chi connectivity index (χ1v) is 7.56. The summed E-state index contributed by atoms with van der Waals surface area (Å²) in [5.41, 5.74) is 2.12. The van der Waals surface area contributed by atoms with Crippen molar-refractivity contribution in [3.8, 4) is 0 Å². The van der Waals surface area contributed by atoms with Crippen LogP contribution in [0.4, 0.5) is 8.78 Å². The van der Waals surface area contributed by atoms with Crippen LogP contribution in [0.15, 0.2) is 29.8 Å². The number of hydrogen-bond donors (Lipinski definition) is 1. The highest BCUT2D eigenvalue weighted by Crippen LogP contribution is 2.23. The molecule has 1 atom stereocenters. The molecule has 0 aromatic heterocycles. The zero-order chi connectivity index (χ0) is 14.4. The van der Waals surface area contributed by atoms with Gasteiger partial charge < -0.3 is 5.32 Å². The Kier molecular flexibility index (Phi) is 5.72. The van der Waals surface area contributed by atoms with Gasteiger partial charge in [0.2, 0.25) is 0 Å². The third-order valence-electron chi connectivity index (χ3n) is 3.78. The number of nitrogens with one attached hydrogen (secondary N) is 1. The van der Waals surface area contributed by atoms with E-state index in [1.807, 2.05) is 0 Å². The normalized spacial score (nSPS) is 16.9. The predicted molar refractivity (Wildman–Crippen MR) is 78.7 cm³/mol. The van der Waals surface area contributed by atoms with Gasteiger partial charge in [-0.15, -0.1) is 0 Å². The third-order valence-corrected chi connectivity index (χ3v) is 3.78. The molecule has 0 fully saturated rings. The average Bonchev–Trinajstić information content (AvgIpc) is 2.43. The minimum absolute atomic E-state index is 0.205. The zero-order valence-electron chi connectivity index (χ0n) is 12.1. The van der Waals surface area contributed by atoms with E-state index in [2.05, 4.69) is 18.3 Å². The van der Waals surface area contributed by atoms with Gasteiger partial charge in [-0.2, -0.15) is 0 Å². The van der Waals surface area contributed by atoms with Gasteiger partial charge in [0, 0.05) is 12.1 Å². The van der Waals surface area contributed by atoms with Gasteiger partial charge >= 0.3 is 0 Å². The fraction of sp³-hybridized carbons (Fsp3) is 0.529. The largest absolute Gasteiger partial charge is 0.310 e. The van der Waals surface area contributed by atoms with Crippen LogP contribution in [0.3, 0.4) is 0 Å². The molecule has 1 N–H and O–H groups in total. The minimum atomic E-state index is -0.494. The standard InChI is InChI=1S/C17H23F2N/c1-2-8-20-17(14-6-4-3-5-7-14)11-13-9-15(18)12-16(19)10-13/h6,9-10,12,17,20H,2-5,7-8,11H2,1H3. The summed E-state index contributed by atoms with van der Waals surface area (Å²) in [6.45, 7) is 3.06. The van der Waals surface area contributed by atoms with E-state index < -0.39 is 11.6 Å². The van der Waals surface area contributed by atoms with Gasteiger partial charge in [-0.05, 0) is 62.8 Å². The first-order chi connectivity index (χ1) is 9.69. The van der Waals surface area contributed by atoms with E-state index in [0.29, 0.717) is 6.42 Å². The first kappa shape index (κ1) is 15.2. The van der Waals surface area contributed by atoms with E-state index in [4.69, 9.17) is 0 Å². The topological polar surface area (TPSA) is 12.0 Å². The van der Waals surface area contributed by atoms with Gasteiger partial charge in [0.05, 0.1) is 0 Å². The van der Waals surface area contributed by atoms with E-state index >= 15 is 0 Å². The zero-order valence-corrected chi connectivity index (χ0v) is 12.1. The highest BCUT2D eigenvalue weighted by atomic mass is 19.1. The predicted octanol–water partition coefficient (Wildman–Crippen LogP) is 4.38. The van der Waals surface area contributed by atoms with Gasteiger partial charge in [0.15, 0.2) is 0 Å². The monoisotopic (exact) mass is 279 g/mol. The molecule has 1 aromatic rings. The quantitative estimate of drug-likeness (QED) is 0.762. The number of rotatable bonds is 6. The summed E-state index contributed by atoms with van der Waals surface area (Å²) in [6, 6.07) is 4.01. The summed E-state index contributed by atoms with van der Waals surface area (Å²) >= 11 is 0. The summed E-state index contributed by atoms with van der Waals surface area (Å²) in [7, 11) is 0. The number of allylic oxidation sites excluding steroid dienone is 1. The molecule has 1 aliphatic rings. The van der Waals surface area contributed by atoms with E-state index in [9.17, 15) is 8.78 Å². The lowest BCUT2D eigenvalue weighted by Gasteiger charge is -2.24. The first-order valence-electron chi connectivity index (χ1n) is 7.56. The van der Waals surface area contributed by atoms with Gasteiger partial charge in [-0.1, -0.05) is 18.6 Å². The highest BCUT2D eigenvalue weighted by molar-refractivity contribution is 5.23. The second kappa shape index (κ2) is 7.53. The molecule has 20 heavy (non-hydrogen) atoms. The van der Waals surface area contributed by atoms with Crippen molar-refractivity contribution in [1.29, 1.82) is 0 Å². The van der Waals surface area contributed by atoms with Crippen molar-refractivity contribution < 1.29 is 8.78 Å². The molecule has 1 aromatic carbocycles. The van der Waals surface area contributed by atoms with Crippen LogP contribution in [-0.2, 0) is 6.42 Å². The van der Waals surface area contributed by atoms with Crippen molar-refractivity contribution >= 4 is 0 Å². The molecule has 0 saturated heterocycles. The molecule has 2 rings (SSSR count). The van der Waals surface area contributed by atoms with Crippen molar-refractivity contribution in [3.63, 3.8) is 0 Å². The maximum Gasteiger partial charge on any atom is 0.126 e. The molecule has 1 nitrogen and oxygen atoms in total. The van der Waals surface area contributed by atoms with Crippen LogP contribution in [0.1, 0.15) is 44.6 Å². The Labute approximate surface area is 120 Å².